The van der Waals surface area contributed by atoms with Gasteiger partial charge in [-0.25, -0.2) is 9.78 Å². The van der Waals surface area contributed by atoms with Gasteiger partial charge in [-0.05, 0) is 43.7 Å². The van der Waals surface area contributed by atoms with E-state index in [4.69, 9.17) is 4.98 Å². The third-order valence-corrected chi connectivity index (χ3v) is 6.16. The fraction of sp³-hybridized carbons (Fsp3) is 0.385. The van der Waals surface area contributed by atoms with E-state index in [1.807, 2.05) is 17.2 Å². The third kappa shape index (κ3) is 5.54. The minimum absolute atomic E-state index is 0.0362. The Morgan fingerprint density at radius 3 is 2.61 bits per heavy atom. The third-order valence-electron chi connectivity index (χ3n) is 6.16. The highest BCUT2D eigenvalue weighted by molar-refractivity contribution is 5.74. The maximum atomic E-state index is 12.7. The molecule has 1 saturated heterocycles. The Kier molecular flexibility index (Phi) is 6.70. The van der Waals surface area contributed by atoms with Crippen molar-refractivity contribution < 1.29 is 4.79 Å². The monoisotopic (exact) mass is 416 g/mol. The van der Waals surface area contributed by atoms with Gasteiger partial charge in [0.15, 0.2) is 0 Å². The van der Waals surface area contributed by atoms with Gasteiger partial charge < -0.3 is 14.8 Å². The largest absolute Gasteiger partial charge is 0.334 e. The van der Waals surface area contributed by atoms with Gasteiger partial charge in [0, 0.05) is 44.5 Å². The van der Waals surface area contributed by atoms with Crippen molar-refractivity contribution in [1.29, 1.82) is 0 Å². The molecule has 5 heteroatoms. The Bertz CT molecular complexity index is 994. The zero-order valence-corrected chi connectivity index (χ0v) is 18.6. The van der Waals surface area contributed by atoms with E-state index in [1.54, 1.807) is 0 Å². The molecule has 2 aromatic carbocycles. The number of benzene rings is 2. The SMILES string of the molecule is Cc1ccc(CNC(=O)N2CCCC(Cc3ncc(C)n3Cc3ccccc3)C2)cc1. The first-order valence-corrected chi connectivity index (χ1v) is 11.2. The van der Waals surface area contributed by atoms with Crippen LogP contribution in [0.5, 0.6) is 0 Å². The Labute approximate surface area is 185 Å². The smallest absolute Gasteiger partial charge is 0.317 e. The summed E-state index contributed by atoms with van der Waals surface area (Å²) in [6.45, 7) is 7.22. The van der Waals surface area contributed by atoms with Gasteiger partial charge in [0.2, 0.25) is 0 Å². The molecule has 0 aliphatic carbocycles. The van der Waals surface area contributed by atoms with Crippen molar-refractivity contribution in [2.24, 2.45) is 5.92 Å². The second-order valence-corrected chi connectivity index (χ2v) is 8.69. The zero-order valence-electron chi connectivity index (χ0n) is 18.6. The molecule has 1 fully saturated rings. The van der Waals surface area contributed by atoms with Gasteiger partial charge in [0.25, 0.3) is 0 Å². The minimum Gasteiger partial charge on any atom is -0.334 e. The summed E-state index contributed by atoms with van der Waals surface area (Å²) in [7, 11) is 0. The quantitative estimate of drug-likeness (QED) is 0.632. The Morgan fingerprint density at radius 2 is 1.84 bits per heavy atom. The maximum absolute atomic E-state index is 12.7. The molecule has 31 heavy (non-hydrogen) atoms. The van der Waals surface area contributed by atoms with Crippen molar-refractivity contribution in [1.82, 2.24) is 19.8 Å². The number of amides is 2. The summed E-state index contributed by atoms with van der Waals surface area (Å²) in [4.78, 5) is 19.4. The number of piperidine rings is 1. The topological polar surface area (TPSA) is 50.2 Å². The lowest BCUT2D eigenvalue weighted by Crippen LogP contribution is -2.45. The molecule has 4 rings (SSSR count). The van der Waals surface area contributed by atoms with E-state index < -0.39 is 0 Å². The molecular formula is C26H32N4O. The summed E-state index contributed by atoms with van der Waals surface area (Å²) in [5.41, 5.74) is 4.83. The van der Waals surface area contributed by atoms with Gasteiger partial charge in [-0.15, -0.1) is 0 Å². The van der Waals surface area contributed by atoms with E-state index in [2.05, 4.69) is 72.3 Å². The summed E-state index contributed by atoms with van der Waals surface area (Å²) >= 11 is 0. The van der Waals surface area contributed by atoms with Crippen LogP contribution in [0.1, 0.15) is 41.1 Å². The van der Waals surface area contributed by atoms with Gasteiger partial charge in [0.1, 0.15) is 5.82 Å². The van der Waals surface area contributed by atoms with E-state index in [-0.39, 0.29) is 6.03 Å². The first-order chi connectivity index (χ1) is 15.1. The van der Waals surface area contributed by atoms with E-state index >= 15 is 0 Å². The van der Waals surface area contributed by atoms with Crippen LogP contribution in [-0.4, -0.2) is 33.6 Å². The molecule has 2 amide bonds. The van der Waals surface area contributed by atoms with Crippen LogP contribution in [0, 0.1) is 19.8 Å². The molecule has 0 saturated carbocycles. The molecule has 0 spiro atoms. The van der Waals surface area contributed by atoms with Gasteiger partial charge in [-0.1, -0.05) is 60.2 Å². The summed E-state index contributed by atoms with van der Waals surface area (Å²) in [6, 6.07) is 18.9. The summed E-state index contributed by atoms with van der Waals surface area (Å²) in [5, 5.41) is 3.09. The van der Waals surface area contributed by atoms with E-state index in [0.29, 0.717) is 12.5 Å². The van der Waals surface area contributed by atoms with Gasteiger partial charge >= 0.3 is 6.03 Å². The van der Waals surface area contributed by atoms with E-state index in [9.17, 15) is 4.79 Å². The number of aryl methyl sites for hydroxylation is 2. The maximum Gasteiger partial charge on any atom is 0.317 e. The van der Waals surface area contributed by atoms with E-state index in [0.717, 1.165) is 50.3 Å². The predicted octanol–water partition coefficient (Wildman–Crippen LogP) is 4.71. The highest BCUT2D eigenvalue weighted by atomic mass is 16.2. The van der Waals surface area contributed by atoms with Crippen molar-refractivity contribution in [3.05, 3.63) is 89.0 Å². The number of imidazole rings is 1. The summed E-state index contributed by atoms with van der Waals surface area (Å²) < 4.78 is 2.31. The zero-order chi connectivity index (χ0) is 21.6. The van der Waals surface area contributed by atoms with Crippen LogP contribution in [0.2, 0.25) is 0 Å². The van der Waals surface area contributed by atoms with E-state index in [1.165, 1.54) is 16.8 Å². The number of carbonyl (C=O) groups is 1. The van der Waals surface area contributed by atoms with Crippen LogP contribution in [0.3, 0.4) is 0 Å². The molecular weight excluding hydrogens is 384 g/mol. The van der Waals surface area contributed by atoms with Gasteiger partial charge in [0.05, 0.1) is 0 Å². The first-order valence-electron chi connectivity index (χ1n) is 11.2. The average Bonchev–Trinajstić information content (AvgIpc) is 3.13. The van der Waals surface area contributed by atoms with Crippen LogP contribution in [0.4, 0.5) is 4.79 Å². The summed E-state index contributed by atoms with van der Waals surface area (Å²) in [5.74, 6) is 1.56. The molecule has 1 aliphatic rings. The lowest BCUT2D eigenvalue weighted by molar-refractivity contribution is 0.164. The number of nitrogens with one attached hydrogen (secondary N) is 1. The Morgan fingerprint density at radius 1 is 1.06 bits per heavy atom. The van der Waals surface area contributed by atoms with Crippen molar-refractivity contribution in [3.8, 4) is 0 Å². The van der Waals surface area contributed by atoms with Crippen molar-refractivity contribution in [3.63, 3.8) is 0 Å². The second-order valence-electron chi connectivity index (χ2n) is 8.69. The highest BCUT2D eigenvalue weighted by Crippen LogP contribution is 2.22. The number of urea groups is 1. The number of rotatable bonds is 6. The number of hydrogen-bond acceptors (Lipinski definition) is 2. The lowest BCUT2D eigenvalue weighted by Gasteiger charge is -2.33. The highest BCUT2D eigenvalue weighted by Gasteiger charge is 2.25. The number of likely N-dealkylation sites (tertiary alicyclic amines) is 1. The molecule has 1 N–H and O–H groups in total. The molecule has 1 aliphatic heterocycles. The van der Waals surface area contributed by atoms with Crippen LogP contribution < -0.4 is 5.32 Å². The van der Waals surface area contributed by atoms with Crippen molar-refractivity contribution in [2.45, 2.75) is 46.2 Å². The fourth-order valence-corrected chi connectivity index (χ4v) is 4.33. The molecule has 3 aromatic rings. The Hall–Kier alpha value is -3.08. The number of carbonyl (C=O) groups excluding carboxylic acids is 1. The molecule has 1 unspecified atom stereocenters. The molecule has 5 nitrogen and oxygen atoms in total. The average molecular weight is 417 g/mol. The summed E-state index contributed by atoms with van der Waals surface area (Å²) in [6.07, 6.45) is 5.05. The minimum atomic E-state index is 0.0362. The van der Waals surface area contributed by atoms with Crippen molar-refractivity contribution in [2.75, 3.05) is 13.1 Å². The van der Waals surface area contributed by atoms with Gasteiger partial charge in [-0.2, -0.15) is 0 Å². The molecule has 1 atom stereocenters. The number of aromatic nitrogens is 2. The standard InChI is InChI=1S/C26H32N4O/c1-20-10-12-22(13-11-20)17-28-26(31)29-14-6-9-24(18-29)15-25-27-16-21(2)30(25)19-23-7-4-3-5-8-23/h3-5,7-8,10-13,16,24H,6,9,14-15,17-19H2,1-2H3,(H,28,31). The molecule has 1 aromatic heterocycles. The first kappa shape index (κ1) is 21.2. The van der Waals surface area contributed by atoms with Gasteiger partial charge in [-0.3, -0.25) is 0 Å². The predicted molar refractivity (Wildman–Crippen MR) is 124 cm³/mol. The van der Waals surface area contributed by atoms with Crippen LogP contribution in [0.25, 0.3) is 0 Å². The fourth-order valence-electron chi connectivity index (χ4n) is 4.33. The Balaban J connectivity index is 1.35. The van der Waals surface area contributed by atoms with Crippen LogP contribution in [-0.2, 0) is 19.5 Å². The molecule has 2 heterocycles. The molecule has 162 valence electrons. The number of hydrogen-bond donors (Lipinski definition) is 1. The van der Waals surface area contributed by atoms with Crippen molar-refractivity contribution >= 4 is 6.03 Å². The van der Waals surface area contributed by atoms with Crippen LogP contribution in [0.15, 0.2) is 60.8 Å². The lowest BCUT2D eigenvalue weighted by atomic mass is 9.94. The van der Waals surface area contributed by atoms with Crippen LogP contribution >= 0.6 is 0 Å². The normalized spacial score (nSPS) is 16.3. The number of nitrogens with zero attached hydrogens (tertiary/aromatic N) is 3. The second kappa shape index (κ2) is 9.82. The molecule has 0 bridgehead atoms. The molecule has 0 radical (unpaired) electrons.